The zero-order chi connectivity index (χ0) is 39.9. The number of para-hydroxylation sites is 5. The SMILES string of the molecule is Cc1nn(-c2ccccc2)c2c1c(=O)oc1ccc(-n3c4ccc(N(c5ccccc5)c5ccccc5)cc4c4cc(-n5c6ccccc6c6ccccc65)ccc43)cc12. The number of aromatic nitrogens is 4. The summed E-state index contributed by atoms with van der Waals surface area (Å²) in [6.07, 6.45) is 0. The second kappa shape index (κ2) is 13.2. The number of anilines is 3. The molecule has 0 N–H and O–H groups in total. The Balaban J connectivity index is 1.15. The highest BCUT2D eigenvalue weighted by Gasteiger charge is 2.22. The van der Waals surface area contributed by atoms with Crippen molar-refractivity contribution in [1.82, 2.24) is 18.9 Å². The van der Waals surface area contributed by atoms with Crippen LogP contribution in [0.5, 0.6) is 0 Å². The second-order valence-electron chi connectivity index (χ2n) is 15.2. The average molecular weight is 774 g/mol. The Morgan fingerprint density at radius 3 is 1.58 bits per heavy atom. The molecule has 8 aromatic carbocycles. The minimum atomic E-state index is -0.395. The summed E-state index contributed by atoms with van der Waals surface area (Å²) >= 11 is 0. The Morgan fingerprint density at radius 2 is 0.950 bits per heavy atom. The first-order valence-corrected chi connectivity index (χ1v) is 20.1. The van der Waals surface area contributed by atoms with Gasteiger partial charge in [0, 0.05) is 55.4 Å². The predicted molar refractivity (Wildman–Crippen MR) is 245 cm³/mol. The van der Waals surface area contributed by atoms with Gasteiger partial charge in [0.25, 0.3) is 0 Å². The molecule has 7 nitrogen and oxygen atoms in total. The summed E-state index contributed by atoms with van der Waals surface area (Å²) in [4.78, 5) is 15.8. The lowest BCUT2D eigenvalue weighted by molar-refractivity contribution is 0.569. The maximum absolute atomic E-state index is 13.5. The van der Waals surface area contributed by atoms with Gasteiger partial charge in [0.15, 0.2) is 0 Å². The molecule has 0 aliphatic heterocycles. The molecule has 0 aliphatic carbocycles. The van der Waals surface area contributed by atoms with Gasteiger partial charge in [-0.3, -0.25) is 0 Å². The molecular weight excluding hydrogens is 739 g/mol. The van der Waals surface area contributed by atoms with E-state index in [9.17, 15) is 4.79 Å². The van der Waals surface area contributed by atoms with Crippen LogP contribution >= 0.6 is 0 Å². The molecule has 0 bridgehead atoms. The van der Waals surface area contributed by atoms with Gasteiger partial charge < -0.3 is 18.5 Å². The maximum atomic E-state index is 13.5. The van der Waals surface area contributed by atoms with Crippen LogP contribution in [0.15, 0.2) is 203 Å². The standard InChI is InChI=1S/C53H35N5O2/c1-34-51-52(58(54-34)37-19-9-4-10-20-37)45-33-40(27-30-50(45)60-53(51)59)57-48-28-25-38(55(35-15-5-2-6-16-35)36-17-7-3-8-18-36)31-43(48)44-32-39(26-29-49(44)57)56-46-23-13-11-21-41(46)42-22-12-14-24-47(42)56/h2-33H,1H3. The Morgan fingerprint density at radius 1 is 0.450 bits per heavy atom. The van der Waals surface area contributed by atoms with Gasteiger partial charge in [-0.05, 0) is 110 Å². The summed E-state index contributed by atoms with van der Waals surface area (Å²) in [5.74, 6) is 0. The molecule has 12 rings (SSSR count). The third kappa shape index (κ3) is 5.09. The van der Waals surface area contributed by atoms with Crippen molar-refractivity contribution in [3.05, 3.63) is 210 Å². The lowest BCUT2D eigenvalue weighted by atomic mass is 10.1. The molecule has 0 amide bonds. The minimum Gasteiger partial charge on any atom is -0.422 e. The molecule has 0 radical (unpaired) electrons. The first-order chi connectivity index (χ1) is 29.6. The van der Waals surface area contributed by atoms with Crippen molar-refractivity contribution in [1.29, 1.82) is 0 Å². The quantitative estimate of drug-likeness (QED) is 0.158. The molecule has 284 valence electrons. The Bertz CT molecular complexity index is 3600. The Hall–Kier alpha value is -8.16. The normalized spacial score (nSPS) is 11.8. The predicted octanol–water partition coefficient (Wildman–Crippen LogP) is 13.1. The van der Waals surface area contributed by atoms with Crippen molar-refractivity contribution in [3.63, 3.8) is 0 Å². The van der Waals surface area contributed by atoms with E-state index in [0.29, 0.717) is 16.7 Å². The molecule has 60 heavy (non-hydrogen) atoms. The van der Waals surface area contributed by atoms with E-state index in [1.54, 1.807) is 0 Å². The highest BCUT2D eigenvalue weighted by Crippen LogP contribution is 2.42. The van der Waals surface area contributed by atoms with Crippen molar-refractivity contribution >= 4 is 82.5 Å². The van der Waals surface area contributed by atoms with Crippen molar-refractivity contribution < 1.29 is 4.42 Å². The van der Waals surface area contributed by atoms with E-state index < -0.39 is 5.63 Å². The number of hydrogen-bond acceptors (Lipinski definition) is 4. The molecule has 0 spiro atoms. The van der Waals surface area contributed by atoms with E-state index in [4.69, 9.17) is 9.52 Å². The smallest absolute Gasteiger partial charge is 0.347 e. The number of aryl methyl sites for hydroxylation is 1. The van der Waals surface area contributed by atoms with Gasteiger partial charge in [-0.15, -0.1) is 0 Å². The van der Waals surface area contributed by atoms with Crippen molar-refractivity contribution in [2.75, 3.05) is 4.90 Å². The van der Waals surface area contributed by atoms with Gasteiger partial charge in [0.1, 0.15) is 11.0 Å². The third-order valence-corrected chi connectivity index (χ3v) is 11.8. The lowest BCUT2D eigenvalue weighted by Gasteiger charge is -2.25. The molecule has 12 aromatic rings. The molecule has 0 fully saturated rings. The first-order valence-electron chi connectivity index (χ1n) is 20.1. The molecule has 0 saturated heterocycles. The van der Waals surface area contributed by atoms with E-state index in [1.807, 2.05) is 54.1 Å². The second-order valence-corrected chi connectivity index (χ2v) is 15.2. The van der Waals surface area contributed by atoms with Crippen molar-refractivity contribution in [2.45, 2.75) is 6.92 Å². The number of hydrogen-bond donors (Lipinski definition) is 0. The van der Waals surface area contributed by atoms with Gasteiger partial charge in [0.05, 0.1) is 39.0 Å². The van der Waals surface area contributed by atoms with Crippen LogP contribution in [0.25, 0.3) is 82.5 Å². The van der Waals surface area contributed by atoms with Crippen LogP contribution in [0.4, 0.5) is 17.1 Å². The fraction of sp³-hybridized carbons (Fsp3) is 0.0189. The molecule has 0 unspecified atom stereocenters. The van der Waals surface area contributed by atoms with Crippen LogP contribution in [0.3, 0.4) is 0 Å². The molecule has 0 saturated carbocycles. The lowest BCUT2D eigenvalue weighted by Crippen LogP contribution is -2.09. The van der Waals surface area contributed by atoms with Crippen LogP contribution in [0.1, 0.15) is 5.69 Å². The van der Waals surface area contributed by atoms with Gasteiger partial charge in [0.2, 0.25) is 0 Å². The molecule has 7 heteroatoms. The van der Waals surface area contributed by atoms with Gasteiger partial charge in [-0.25, -0.2) is 9.48 Å². The van der Waals surface area contributed by atoms with Crippen LogP contribution < -0.4 is 10.5 Å². The molecule has 0 aliphatic rings. The zero-order valence-electron chi connectivity index (χ0n) is 32.5. The number of benzene rings is 8. The summed E-state index contributed by atoms with van der Waals surface area (Å²) in [6.45, 7) is 1.86. The van der Waals surface area contributed by atoms with Gasteiger partial charge in [-0.1, -0.05) is 91.0 Å². The first kappa shape index (κ1) is 33.9. The highest BCUT2D eigenvalue weighted by atomic mass is 16.4. The zero-order valence-corrected chi connectivity index (χ0v) is 32.5. The largest absolute Gasteiger partial charge is 0.422 e. The van der Waals surface area contributed by atoms with Crippen LogP contribution in [0.2, 0.25) is 0 Å². The van der Waals surface area contributed by atoms with Crippen LogP contribution in [-0.4, -0.2) is 18.9 Å². The van der Waals surface area contributed by atoms with E-state index in [0.717, 1.165) is 77.9 Å². The summed E-state index contributed by atoms with van der Waals surface area (Å²) in [5, 5.41) is 10.8. The molecule has 4 aromatic heterocycles. The van der Waals surface area contributed by atoms with Crippen molar-refractivity contribution in [2.24, 2.45) is 0 Å². The average Bonchev–Trinajstić information content (AvgIpc) is 3.95. The van der Waals surface area contributed by atoms with Crippen molar-refractivity contribution in [3.8, 4) is 17.1 Å². The maximum Gasteiger partial charge on any atom is 0.347 e. The summed E-state index contributed by atoms with van der Waals surface area (Å²) in [5.41, 5.74) is 12.0. The fourth-order valence-corrected chi connectivity index (χ4v) is 9.22. The summed E-state index contributed by atoms with van der Waals surface area (Å²) in [6, 6.07) is 67.9. The number of nitrogens with zero attached hydrogens (tertiary/aromatic N) is 5. The van der Waals surface area contributed by atoms with Crippen LogP contribution in [-0.2, 0) is 0 Å². The van der Waals surface area contributed by atoms with Gasteiger partial charge >= 0.3 is 5.63 Å². The molecular formula is C53H35N5O2. The third-order valence-electron chi connectivity index (χ3n) is 11.8. The summed E-state index contributed by atoms with van der Waals surface area (Å²) < 4.78 is 12.5. The van der Waals surface area contributed by atoms with E-state index in [2.05, 4.69) is 166 Å². The number of rotatable bonds is 6. The topological polar surface area (TPSA) is 61.1 Å². The Kier molecular flexibility index (Phi) is 7.46. The highest BCUT2D eigenvalue weighted by molar-refractivity contribution is 6.14. The molecule has 0 atom stereocenters. The molecule has 4 heterocycles. The monoisotopic (exact) mass is 773 g/mol. The minimum absolute atomic E-state index is 0.395. The van der Waals surface area contributed by atoms with E-state index >= 15 is 0 Å². The van der Waals surface area contributed by atoms with Crippen LogP contribution in [0, 0.1) is 6.92 Å². The number of fused-ring (bicyclic) bond motifs is 9. The fourth-order valence-electron chi connectivity index (χ4n) is 9.22. The van der Waals surface area contributed by atoms with E-state index in [1.165, 1.54) is 10.8 Å². The Labute approximate surface area is 343 Å². The summed E-state index contributed by atoms with van der Waals surface area (Å²) in [7, 11) is 0. The van der Waals surface area contributed by atoms with Gasteiger partial charge in [-0.2, -0.15) is 5.10 Å². The van der Waals surface area contributed by atoms with E-state index in [-0.39, 0.29) is 0 Å².